The maximum absolute atomic E-state index is 12.3. The average Bonchev–Trinajstić information content (AvgIpc) is 2.34. The second kappa shape index (κ2) is 5.54. The highest BCUT2D eigenvalue weighted by molar-refractivity contribution is 5.95. The van der Waals surface area contributed by atoms with Gasteiger partial charge >= 0.3 is 0 Å². The van der Waals surface area contributed by atoms with E-state index in [1.165, 1.54) is 5.56 Å². The van der Waals surface area contributed by atoms with Crippen molar-refractivity contribution in [2.45, 2.75) is 26.0 Å². The molecule has 1 aromatic carbocycles. The first kappa shape index (κ1) is 15.0. The van der Waals surface area contributed by atoms with Crippen LogP contribution in [0.25, 0.3) is 0 Å². The van der Waals surface area contributed by atoms with E-state index in [0.717, 1.165) is 6.54 Å². The first-order chi connectivity index (χ1) is 9.32. The predicted molar refractivity (Wildman–Crippen MR) is 79.5 cm³/mol. The quantitative estimate of drug-likeness (QED) is 0.908. The van der Waals surface area contributed by atoms with Crippen LogP contribution in [0, 0.1) is 5.92 Å². The second-order valence-electron chi connectivity index (χ2n) is 6.35. The zero-order valence-corrected chi connectivity index (χ0v) is 12.8. The van der Waals surface area contributed by atoms with E-state index in [-0.39, 0.29) is 11.8 Å². The van der Waals surface area contributed by atoms with E-state index in [2.05, 4.69) is 4.90 Å². The van der Waals surface area contributed by atoms with Crippen LogP contribution in [0.15, 0.2) is 24.3 Å². The van der Waals surface area contributed by atoms with Crippen molar-refractivity contribution in [1.29, 1.82) is 0 Å². The van der Waals surface area contributed by atoms with E-state index in [4.69, 9.17) is 0 Å². The SMILES string of the molecule is CC(C)C1(O)CN(C(=O)c2ccc(CN(C)C)cc2)C1. The Bertz CT molecular complexity index is 474. The summed E-state index contributed by atoms with van der Waals surface area (Å²) < 4.78 is 0. The number of carbonyl (C=O) groups excluding carboxylic acids is 1. The Morgan fingerprint density at radius 3 is 2.30 bits per heavy atom. The van der Waals surface area contributed by atoms with Gasteiger partial charge in [0.25, 0.3) is 5.91 Å². The Kier molecular flexibility index (Phi) is 4.16. The van der Waals surface area contributed by atoms with Crippen molar-refractivity contribution in [1.82, 2.24) is 9.80 Å². The van der Waals surface area contributed by atoms with Crippen molar-refractivity contribution in [2.24, 2.45) is 5.92 Å². The Labute approximate surface area is 121 Å². The molecule has 1 aromatic rings. The first-order valence-electron chi connectivity index (χ1n) is 7.07. The van der Waals surface area contributed by atoms with Crippen LogP contribution < -0.4 is 0 Å². The number of carbonyl (C=O) groups is 1. The van der Waals surface area contributed by atoms with Crippen molar-refractivity contribution in [3.05, 3.63) is 35.4 Å². The molecule has 0 spiro atoms. The maximum Gasteiger partial charge on any atom is 0.254 e. The lowest BCUT2D eigenvalue weighted by Crippen LogP contribution is -2.65. The van der Waals surface area contributed by atoms with E-state index < -0.39 is 5.60 Å². The molecule has 0 unspecified atom stereocenters. The van der Waals surface area contributed by atoms with Gasteiger partial charge in [0.2, 0.25) is 0 Å². The summed E-state index contributed by atoms with van der Waals surface area (Å²) in [5.41, 5.74) is 1.17. The van der Waals surface area contributed by atoms with Crippen LogP contribution in [0.5, 0.6) is 0 Å². The van der Waals surface area contributed by atoms with Gasteiger partial charge < -0.3 is 14.9 Å². The molecule has 4 heteroatoms. The third-order valence-electron chi connectivity index (χ3n) is 3.99. The van der Waals surface area contributed by atoms with Gasteiger partial charge in [0, 0.05) is 12.1 Å². The number of nitrogens with zero attached hydrogens (tertiary/aromatic N) is 2. The molecule has 0 saturated carbocycles. The summed E-state index contributed by atoms with van der Waals surface area (Å²) in [6.45, 7) is 5.70. The van der Waals surface area contributed by atoms with Crippen LogP contribution in [0.1, 0.15) is 29.8 Å². The van der Waals surface area contributed by atoms with Gasteiger partial charge in [-0.25, -0.2) is 0 Å². The number of aliphatic hydroxyl groups is 1. The predicted octanol–water partition coefficient (Wildman–Crippen LogP) is 1.59. The fraction of sp³-hybridized carbons (Fsp3) is 0.562. The van der Waals surface area contributed by atoms with Crippen LogP contribution in [-0.4, -0.2) is 53.6 Å². The lowest BCUT2D eigenvalue weighted by atomic mass is 9.82. The number of hydrogen-bond acceptors (Lipinski definition) is 3. The van der Waals surface area contributed by atoms with Crippen molar-refractivity contribution >= 4 is 5.91 Å². The van der Waals surface area contributed by atoms with Crippen LogP contribution in [-0.2, 0) is 6.54 Å². The monoisotopic (exact) mass is 276 g/mol. The van der Waals surface area contributed by atoms with Crippen molar-refractivity contribution < 1.29 is 9.90 Å². The normalized spacial score (nSPS) is 17.4. The number of likely N-dealkylation sites (tertiary alicyclic amines) is 1. The molecule has 1 aliphatic heterocycles. The molecule has 0 atom stereocenters. The van der Waals surface area contributed by atoms with E-state index >= 15 is 0 Å². The fourth-order valence-corrected chi connectivity index (χ4v) is 2.42. The first-order valence-corrected chi connectivity index (χ1v) is 7.07. The molecule has 1 amide bonds. The molecule has 1 fully saturated rings. The topological polar surface area (TPSA) is 43.8 Å². The van der Waals surface area contributed by atoms with Gasteiger partial charge in [-0.15, -0.1) is 0 Å². The van der Waals surface area contributed by atoms with Gasteiger partial charge in [-0.3, -0.25) is 4.79 Å². The van der Waals surface area contributed by atoms with E-state index in [0.29, 0.717) is 18.7 Å². The van der Waals surface area contributed by atoms with E-state index in [1.807, 2.05) is 52.2 Å². The zero-order valence-electron chi connectivity index (χ0n) is 12.8. The van der Waals surface area contributed by atoms with E-state index in [1.54, 1.807) is 4.90 Å². The van der Waals surface area contributed by atoms with Crippen molar-refractivity contribution in [2.75, 3.05) is 27.2 Å². The molecule has 2 rings (SSSR count). The summed E-state index contributed by atoms with van der Waals surface area (Å²) in [7, 11) is 4.04. The standard InChI is InChI=1S/C16H24N2O2/c1-12(2)16(20)10-18(11-16)15(19)14-7-5-13(6-8-14)9-17(3)4/h5-8,12,20H,9-11H2,1-4H3. The van der Waals surface area contributed by atoms with Crippen molar-refractivity contribution in [3.63, 3.8) is 0 Å². The summed E-state index contributed by atoms with van der Waals surface area (Å²) >= 11 is 0. The Hall–Kier alpha value is -1.39. The Morgan fingerprint density at radius 1 is 1.30 bits per heavy atom. The number of amides is 1. The van der Waals surface area contributed by atoms with Gasteiger partial charge in [-0.05, 0) is 37.7 Å². The summed E-state index contributed by atoms with van der Waals surface area (Å²) in [5, 5.41) is 10.2. The van der Waals surface area contributed by atoms with Gasteiger partial charge in [0.15, 0.2) is 0 Å². The van der Waals surface area contributed by atoms with Gasteiger partial charge in [-0.2, -0.15) is 0 Å². The molecule has 20 heavy (non-hydrogen) atoms. The molecule has 1 heterocycles. The summed E-state index contributed by atoms with van der Waals surface area (Å²) in [6, 6.07) is 7.71. The maximum atomic E-state index is 12.3. The van der Waals surface area contributed by atoms with Gasteiger partial charge in [0.1, 0.15) is 5.60 Å². The molecule has 0 radical (unpaired) electrons. The highest BCUT2D eigenvalue weighted by Gasteiger charge is 2.45. The number of benzene rings is 1. The third kappa shape index (κ3) is 3.02. The number of rotatable bonds is 4. The molecular formula is C16H24N2O2. The number of hydrogen-bond donors (Lipinski definition) is 1. The van der Waals surface area contributed by atoms with Gasteiger partial charge in [0.05, 0.1) is 13.1 Å². The molecule has 0 aromatic heterocycles. The van der Waals surface area contributed by atoms with Crippen LogP contribution in [0.4, 0.5) is 0 Å². The Balaban J connectivity index is 1.98. The molecule has 1 N–H and O–H groups in total. The average molecular weight is 276 g/mol. The minimum Gasteiger partial charge on any atom is -0.386 e. The lowest BCUT2D eigenvalue weighted by molar-refractivity contribution is -0.110. The zero-order chi connectivity index (χ0) is 14.9. The molecule has 110 valence electrons. The minimum absolute atomic E-state index is 0.00623. The molecule has 0 bridgehead atoms. The molecule has 4 nitrogen and oxygen atoms in total. The Morgan fingerprint density at radius 2 is 1.85 bits per heavy atom. The van der Waals surface area contributed by atoms with Crippen LogP contribution in [0.3, 0.4) is 0 Å². The third-order valence-corrected chi connectivity index (χ3v) is 3.99. The highest BCUT2D eigenvalue weighted by Crippen LogP contribution is 2.29. The largest absolute Gasteiger partial charge is 0.386 e. The minimum atomic E-state index is -0.708. The summed E-state index contributed by atoms with van der Waals surface area (Å²) in [6.07, 6.45) is 0. The van der Waals surface area contributed by atoms with Crippen molar-refractivity contribution in [3.8, 4) is 0 Å². The lowest BCUT2D eigenvalue weighted by Gasteiger charge is -2.49. The molecule has 1 aliphatic rings. The summed E-state index contributed by atoms with van der Waals surface area (Å²) in [4.78, 5) is 16.1. The molecule has 1 saturated heterocycles. The van der Waals surface area contributed by atoms with Gasteiger partial charge in [-0.1, -0.05) is 26.0 Å². The number of β-amino-alcohol motifs (C(OH)–C–C–N with tert-alkyl or cyclic N) is 1. The highest BCUT2D eigenvalue weighted by atomic mass is 16.3. The van der Waals surface area contributed by atoms with Crippen LogP contribution in [0.2, 0.25) is 0 Å². The summed E-state index contributed by atoms with van der Waals surface area (Å²) in [5.74, 6) is 0.181. The van der Waals surface area contributed by atoms with E-state index in [9.17, 15) is 9.90 Å². The molecular weight excluding hydrogens is 252 g/mol. The fourth-order valence-electron chi connectivity index (χ4n) is 2.42. The van der Waals surface area contributed by atoms with Crippen LogP contribution >= 0.6 is 0 Å². The second-order valence-corrected chi connectivity index (χ2v) is 6.35. The molecule has 0 aliphatic carbocycles. The smallest absolute Gasteiger partial charge is 0.254 e.